The molecule has 0 aliphatic heterocycles. The predicted octanol–water partition coefficient (Wildman–Crippen LogP) is 2.20. The fourth-order valence-electron chi connectivity index (χ4n) is 1.89. The molecule has 0 aromatic heterocycles. The van der Waals surface area contributed by atoms with Gasteiger partial charge in [-0.25, -0.2) is 14.4 Å². The summed E-state index contributed by atoms with van der Waals surface area (Å²) in [6.07, 6.45) is 2.94. The Bertz CT molecular complexity index is 1000. The molecule has 0 radical (unpaired) electrons. The maximum atomic E-state index is 10.1. The fraction of sp³-hybridized carbons (Fsp3) is 0. The molecule has 0 atom stereocenters. The minimum Gasteiger partial charge on any atom is -0.211 e. The average molecular weight is 341 g/mol. The van der Waals surface area contributed by atoms with E-state index < -0.39 is 10.2 Å². The van der Waals surface area contributed by atoms with Crippen molar-refractivity contribution in [2.75, 3.05) is 0 Å². The maximum absolute atomic E-state index is 10.1. The summed E-state index contributed by atoms with van der Waals surface area (Å²) in [6, 6.07) is 14.0. The zero-order valence-corrected chi connectivity index (χ0v) is 12.6. The Balaban J connectivity index is 0.000000202. The van der Waals surface area contributed by atoms with Crippen LogP contribution in [0.1, 0.15) is 0 Å². The highest BCUT2D eigenvalue weighted by atomic mass is 32.2. The lowest BCUT2D eigenvalue weighted by Gasteiger charge is -1.98. The normalized spacial score (nSPS) is 10.0. The molecular formula is C15H7N3O5S. The van der Waals surface area contributed by atoms with Crippen LogP contribution in [-0.4, -0.2) is 26.7 Å². The fourth-order valence-corrected chi connectivity index (χ4v) is 2.12. The number of rotatable bonds is 4. The second-order valence-corrected chi connectivity index (χ2v) is 5.58. The third kappa shape index (κ3) is 4.27. The molecule has 0 fully saturated rings. The molecule has 1 aromatic rings. The molecule has 0 heterocycles. The van der Waals surface area contributed by atoms with Crippen molar-refractivity contribution in [3.8, 4) is 22.3 Å². The van der Waals surface area contributed by atoms with E-state index in [0.29, 0.717) is 17.8 Å². The largest absolute Gasteiger partial charge is 0.383 e. The summed E-state index contributed by atoms with van der Waals surface area (Å²) in [5, 5.41) is 0. The zero-order chi connectivity index (χ0) is 17.6. The molecule has 9 heteroatoms. The van der Waals surface area contributed by atoms with E-state index in [-0.39, 0.29) is 0 Å². The van der Waals surface area contributed by atoms with Gasteiger partial charge in [-0.05, 0) is 40.5 Å². The number of fused-ring (bicyclic) bond motifs is 1. The third-order valence-corrected chi connectivity index (χ3v) is 3.52. The monoisotopic (exact) mass is 341 g/mol. The molecule has 2 aliphatic carbocycles. The van der Waals surface area contributed by atoms with E-state index in [1.807, 2.05) is 24.3 Å². The van der Waals surface area contributed by atoms with Crippen molar-refractivity contribution in [1.82, 2.24) is 0 Å². The molecule has 24 heavy (non-hydrogen) atoms. The molecule has 0 saturated heterocycles. The van der Waals surface area contributed by atoms with Crippen LogP contribution in [0.4, 0.5) is 5.69 Å². The lowest BCUT2D eigenvalue weighted by molar-refractivity contribution is 0.561. The Morgan fingerprint density at radius 2 is 1.29 bits per heavy atom. The topological polar surface area (TPSA) is 122 Å². The highest BCUT2D eigenvalue weighted by Gasteiger charge is 2.17. The first-order valence-corrected chi connectivity index (χ1v) is 7.66. The minimum absolute atomic E-state index is 0.644. The highest BCUT2D eigenvalue weighted by Crippen LogP contribution is 2.43. The molecule has 0 N–H and O–H groups in total. The van der Waals surface area contributed by atoms with Gasteiger partial charge in [0.15, 0.2) is 0 Å². The summed E-state index contributed by atoms with van der Waals surface area (Å²) in [5.74, 6) is 0. The van der Waals surface area contributed by atoms with Crippen molar-refractivity contribution in [3.63, 3.8) is 0 Å². The van der Waals surface area contributed by atoms with Crippen molar-refractivity contribution in [1.29, 1.82) is 0 Å². The van der Waals surface area contributed by atoms with Crippen LogP contribution in [0.3, 0.4) is 0 Å². The van der Waals surface area contributed by atoms with Crippen LogP contribution in [0, 0.1) is 0 Å². The first kappa shape index (κ1) is 16.9. The second-order valence-electron chi connectivity index (χ2n) is 4.32. The summed E-state index contributed by atoms with van der Waals surface area (Å²) in [5.41, 5.74) is 5.73. The van der Waals surface area contributed by atoms with Gasteiger partial charge in [0.05, 0.1) is 5.69 Å². The van der Waals surface area contributed by atoms with E-state index in [0.717, 1.165) is 5.56 Å². The van der Waals surface area contributed by atoms with Crippen molar-refractivity contribution in [3.05, 3.63) is 42.5 Å². The standard InChI is InChI=1S/C13H7NO.C2N2O4S/c15-8-14-11-4-1-9(2-5-11)12-6-3-10-7-13(10)12;5-1-3-9(7,8)4-2-6/h1-7H;. The second kappa shape index (κ2) is 7.19. The quantitative estimate of drug-likeness (QED) is 0.532. The molecule has 1 aromatic carbocycles. The van der Waals surface area contributed by atoms with E-state index in [4.69, 9.17) is 0 Å². The molecule has 0 spiro atoms. The first-order chi connectivity index (χ1) is 11.5. The predicted molar refractivity (Wildman–Crippen MR) is 83.8 cm³/mol. The highest BCUT2D eigenvalue weighted by molar-refractivity contribution is 7.89. The Morgan fingerprint density at radius 3 is 1.71 bits per heavy atom. The van der Waals surface area contributed by atoms with Gasteiger partial charge in [0.25, 0.3) is 12.2 Å². The van der Waals surface area contributed by atoms with E-state index in [1.165, 1.54) is 22.8 Å². The number of isocyanates is 3. The molecule has 8 nitrogen and oxygen atoms in total. The number of nitrogens with zero attached hydrogens (tertiary/aromatic N) is 3. The first-order valence-electron chi connectivity index (χ1n) is 6.26. The van der Waals surface area contributed by atoms with Crippen LogP contribution in [0.5, 0.6) is 0 Å². The smallest absolute Gasteiger partial charge is 0.211 e. The van der Waals surface area contributed by atoms with Crippen molar-refractivity contribution >= 4 is 34.1 Å². The maximum Gasteiger partial charge on any atom is 0.383 e. The molecule has 0 unspecified atom stereocenters. The Labute approximate surface area is 136 Å². The van der Waals surface area contributed by atoms with Crippen LogP contribution >= 0.6 is 0 Å². The molecule has 118 valence electrons. The van der Waals surface area contributed by atoms with Gasteiger partial charge in [-0.3, -0.25) is 0 Å². The summed E-state index contributed by atoms with van der Waals surface area (Å²) < 4.78 is 24.3. The molecule has 2 aliphatic rings. The molecule has 0 bridgehead atoms. The van der Waals surface area contributed by atoms with Gasteiger partial charge in [0.1, 0.15) is 0 Å². The number of aliphatic imine (C=N–C) groups is 1. The van der Waals surface area contributed by atoms with Gasteiger partial charge in [0.2, 0.25) is 6.08 Å². The summed E-state index contributed by atoms with van der Waals surface area (Å²) in [6.45, 7) is 0. The Morgan fingerprint density at radius 1 is 0.708 bits per heavy atom. The lowest BCUT2D eigenvalue weighted by atomic mass is 10.1. The van der Waals surface area contributed by atoms with Crippen molar-refractivity contribution in [2.24, 2.45) is 13.8 Å². The van der Waals surface area contributed by atoms with Crippen molar-refractivity contribution < 1.29 is 22.8 Å². The van der Waals surface area contributed by atoms with E-state index in [9.17, 15) is 22.8 Å². The lowest BCUT2D eigenvalue weighted by Crippen LogP contribution is -1.86. The molecule has 0 saturated carbocycles. The van der Waals surface area contributed by atoms with Gasteiger partial charge in [-0.2, -0.15) is 13.4 Å². The molecular weight excluding hydrogens is 334 g/mol. The van der Waals surface area contributed by atoms with Crippen LogP contribution in [-0.2, 0) is 24.6 Å². The van der Waals surface area contributed by atoms with Crippen LogP contribution in [0.2, 0.25) is 0 Å². The summed E-state index contributed by atoms with van der Waals surface area (Å²) >= 11 is 0. The Hall–Kier alpha value is -3.47. The zero-order valence-electron chi connectivity index (χ0n) is 11.8. The van der Waals surface area contributed by atoms with Crippen LogP contribution in [0.15, 0.2) is 56.3 Å². The van der Waals surface area contributed by atoms with Crippen molar-refractivity contribution in [2.45, 2.75) is 0 Å². The SMILES string of the molecule is O=C=NS(=O)(=O)N=C=O.O=C=Nc1ccc(-c2ccc3cc2-3)cc1. The molecule has 0 amide bonds. The summed E-state index contributed by atoms with van der Waals surface area (Å²) in [7, 11) is -4.28. The number of hydrogen-bond donors (Lipinski definition) is 0. The van der Waals surface area contributed by atoms with E-state index in [2.05, 4.69) is 32.0 Å². The average Bonchev–Trinajstić information content (AvgIpc) is 3.20. The molecule has 3 rings (SSSR count). The van der Waals surface area contributed by atoms with Gasteiger partial charge < -0.3 is 0 Å². The van der Waals surface area contributed by atoms with Gasteiger partial charge in [0, 0.05) is 0 Å². The van der Waals surface area contributed by atoms with E-state index >= 15 is 0 Å². The number of hydrogen-bond acceptors (Lipinski definition) is 6. The van der Waals surface area contributed by atoms with Gasteiger partial charge in [-0.15, -0.1) is 0 Å². The Kier molecular flexibility index (Phi) is 5.06. The summed E-state index contributed by atoms with van der Waals surface area (Å²) in [4.78, 5) is 32.1. The minimum atomic E-state index is -4.28. The third-order valence-electron chi connectivity index (χ3n) is 2.91. The van der Waals surface area contributed by atoms with Gasteiger partial charge in [-0.1, -0.05) is 33.1 Å². The van der Waals surface area contributed by atoms with Crippen LogP contribution < -0.4 is 0 Å². The van der Waals surface area contributed by atoms with Crippen LogP contribution in [0.25, 0.3) is 22.3 Å². The van der Waals surface area contributed by atoms with Gasteiger partial charge >= 0.3 is 10.2 Å². The van der Waals surface area contributed by atoms with E-state index in [1.54, 1.807) is 0 Å². The number of benzene rings is 2. The number of carbonyl (C=O) groups excluding carboxylic acids is 3.